The third-order valence-corrected chi connectivity index (χ3v) is 6.04. The second-order valence-corrected chi connectivity index (χ2v) is 9.05. The Morgan fingerprint density at radius 2 is 1.94 bits per heavy atom. The predicted molar refractivity (Wildman–Crippen MR) is 134 cm³/mol. The maximum absolute atomic E-state index is 13.0. The van der Waals surface area contributed by atoms with Gasteiger partial charge in [-0.25, -0.2) is 9.97 Å². The van der Waals surface area contributed by atoms with Crippen molar-refractivity contribution in [1.29, 1.82) is 0 Å². The zero-order chi connectivity index (χ0) is 24.7. The van der Waals surface area contributed by atoms with Crippen molar-refractivity contribution in [2.75, 3.05) is 10.6 Å². The number of anilines is 2. The van der Waals surface area contributed by atoms with Crippen LogP contribution in [0.25, 0.3) is 22.2 Å². The first kappa shape index (κ1) is 22.5. The van der Waals surface area contributed by atoms with E-state index in [2.05, 4.69) is 27.5 Å². The molecule has 0 bridgehead atoms. The maximum Gasteiger partial charge on any atom is 0.268 e. The second kappa shape index (κ2) is 8.50. The van der Waals surface area contributed by atoms with E-state index >= 15 is 0 Å². The molecule has 4 aromatic rings. The van der Waals surface area contributed by atoms with Gasteiger partial charge in [0.15, 0.2) is 5.60 Å². The van der Waals surface area contributed by atoms with E-state index in [1.54, 1.807) is 39.2 Å². The maximum atomic E-state index is 13.0. The molecule has 0 saturated carbocycles. The van der Waals surface area contributed by atoms with Crippen LogP contribution < -0.4 is 20.9 Å². The van der Waals surface area contributed by atoms with Crippen molar-refractivity contribution in [2.45, 2.75) is 39.3 Å². The number of pyridine rings is 2. The Morgan fingerprint density at radius 3 is 2.74 bits per heavy atom. The summed E-state index contributed by atoms with van der Waals surface area (Å²) in [6.07, 6.45) is 4.13. The molecule has 1 aliphatic heterocycles. The first-order chi connectivity index (χ1) is 16.7. The van der Waals surface area contributed by atoms with Gasteiger partial charge in [0.2, 0.25) is 0 Å². The molecule has 2 N–H and O–H groups in total. The van der Waals surface area contributed by atoms with Crippen LogP contribution >= 0.6 is 0 Å². The van der Waals surface area contributed by atoms with Crippen LogP contribution in [0.4, 0.5) is 11.5 Å². The van der Waals surface area contributed by atoms with Crippen molar-refractivity contribution >= 4 is 28.3 Å². The molecular formula is C26H26N6O3. The van der Waals surface area contributed by atoms with Gasteiger partial charge in [-0.1, -0.05) is 13.0 Å². The zero-order valence-corrected chi connectivity index (χ0v) is 20.0. The summed E-state index contributed by atoms with van der Waals surface area (Å²) >= 11 is 0. The molecule has 5 rings (SSSR count). The molecule has 0 unspecified atom stereocenters. The summed E-state index contributed by atoms with van der Waals surface area (Å²) in [6, 6.07) is 11.2. The lowest BCUT2D eigenvalue weighted by Crippen LogP contribution is -2.45. The largest absolute Gasteiger partial charge is 0.476 e. The molecule has 0 radical (unpaired) electrons. The summed E-state index contributed by atoms with van der Waals surface area (Å²) in [5.41, 5.74) is 3.43. The molecule has 0 fully saturated rings. The molecule has 0 aliphatic carbocycles. The summed E-state index contributed by atoms with van der Waals surface area (Å²) in [7, 11) is 1.67. The average Bonchev–Trinajstić information content (AvgIpc) is 2.85. The van der Waals surface area contributed by atoms with E-state index in [4.69, 9.17) is 9.72 Å². The van der Waals surface area contributed by atoms with Crippen molar-refractivity contribution in [3.05, 3.63) is 70.5 Å². The van der Waals surface area contributed by atoms with Gasteiger partial charge in [-0.05, 0) is 56.2 Å². The van der Waals surface area contributed by atoms with E-state index in [0.717, 1.165) is 23.2 Å². The topological polar surface area (TPSA) is 111 Å². The van der Waals surface area contributed by atoms with Gasteiger partial charge >= 0.3 is 0 Å². The summed E-state index contributed by atoms with van der Waals surface area (Å²) in [5.74, 6) is 0.813. The van der Waals surface area contributed by atoms with E-state index in [1.807, 2.05) is 24.3 Å². The van der Waals surface area contributed by atoms with Gasteiger partial charge in [0.05, 0.1) is 23.2 Å². The number of rotatable bonds is 5. The first-order valence-electron chi connectivity index (χ1n) is 11.4. The number of fused-ring (bicyclic) bond motifs is 2. The van der Waals surface area contributed by atoms with Crippen molar-refractivity contribution in [3.8, 4) is 17.0 Å². The molecule has 9 heteroatoms. The number of nitrogens with zero attached hydrogens (tertiary/aromatic N) is 4. The molecule has 4 heterocycles. The number of ether oxygens (including phenoxy) is 1. The minimum atomic E-state index is -0.981. The smallest absolute Gasteiger partial charge is 0.268 e. The fourth-order valence-corrected chi connectivity index (χ4v) is 3.98. The number of benzene rings is 1. The Hall–Kier alpha value is -4.27. The molecule has 0 atom stereocenters. The van der Waals surface area contributed by atoms with E-state index in [-0.39, 0.29) is 11.5 Å². The Balaban J connectivity index is 1.58. The number of hydrogen-bond donors (Lipinski definition) is 2. The summed E-state index contributed by atoms with van der Waals surface area (Å²) in [6.45, 7) is 5.98. The highest BCUT2D eigenvalue weighted by Crippen LogP contribution is 2.37. The van der Waals surface area contributed by atoms with Crippen LogP contribution in [0.2, 0.25) is 0 Å². The molecule has 1 amide bonds. The monoisotopic (exact) mass is 470 g/mol. The fourth-order valence-electron chi connectivity index (χ4n) is 3.98. The third-order valence-electron chi connectivity index (χ3n) is 6.04. The van der Waals surface area contributed by atoms with Crippen LogP contribution in [0.5, 0.6) is 5.75 Å². The Labute approximate surface area is 202 Å². The van der Waals surface area contributed by atoms with Gasteiger partial charge in [0.1, 0.15) is 17.0 Å². The number of aryl methyl sites for hydroxylation is 2. The molecule has 9 nitrogen and oxygen atoms in total. The number of amides is 1. The summed E-state index contributed by atoms with van der Waals surface area (Å²) in [5, 5.41) is 6.63. The number of aromatic nitrogens is 4. The summed E-state index contributed by atoms with van der Waals surface area (Å²) in [4.78, 5) is 38.8. The fraction of sp³-hybridized carbons (Fsp3) is 0.269. The third kappa shape index (κ3) is 4.21. The highest BCUT2D eigenvalue weighted by molar-refractivity contribution is 6.00. The molecule has 35 heavy (non-hydrogen) atoms. The zero-order valence-electron chi connectivity index (χ0n) is 20.0. The van der Waals surface area contributed by atoms with Crippen molar-refractivity contribution < 1.29 is 9.53 Å². The number of nitrogens with one attached hydrogen (secondary N) is 2. The average molecular weight is 471 g/mol. The number of carbonyl (C=O) groups is 1. The SMILES string of the molecule is CCc1cc(CNc2nc(-c3ccc4c(c3)OC(C)(C)C(=O)N4)cc3ncn(C)c(=O)c23)ccn1. The highest BCUT2D eigenvalue weighted by atomic mass is 16.5. The van der Waals surface area contributed by atoms with Crippen molar-refractivity contribution in [3.63, 3.8) is 0 Å². The number of hydrogen-bond acceptors (Lipinski definition) is 7. The Bertz CT molecular complexity index is 1530. The first-order valence-corrected chi connectivity index (χ1v) is 11.4. The van der Waals surface area contributed by atoms with Gasteiger partial charge in [0, 0.05) is 31.0 Å². The van der Waals surface area contributed by atoms with Crippen LogP contribution in [-0.2, 0) is 24.8 Å². The standard InChI is InChI=1S/C26H26N6O3/c1-5-17-10-15(8-9-27-17)13-28-23-22-20(29-14-32(4)24(22)33)12-19(30-23)16-6-7-18-21(11-16)35-26(2,3)25(34)31-18/h6-12,14H,5,13H2,1-4H3,(H,28,30)(H,31,34). The quantitative estimate of drug-likeness (QED) is 0.458. The lowest BCUT2D eigenvalue weighted by Gasteiger charge is -2.31. The van der Waals surface area contributed by atoms with E-state index in [9.17, 15) is 9.59 Å². The van der Waals surface area contributed by atoms with Gasteiger partial charge < -0.3 is 19.9 Å². The van der Waals surface area contributed by atoms with Crippen LogP contribution in [-0.4, -0.2) is 31.0 Å². The van der Waals surface area contributed by atoms with Crippen LogP contribution in [0.15, 0.2) is 53.7 Å². The molecule has 1 aliphatic rings. The lowest BCUT2D eigenvalue weighted by atomic mass is 10.0. The predicted octanol–water partition coefficient (Wildman–Crippen LogP) is 3.67. The van der Waals surface area contributed by atoms with Crippen LogP contribution in [0.1, 0.15) is 32.0 Å². The van der Waals surface area contributed by atoms with Gasteiger partial charge in [-0.15, -0.1) is 0 Å². The normalized spacial score (nSPS) is 14.2. The summed E-state index contributed by atoms with van der Waals surface area (Å²) < 4.78 is 7.38. The number of carbonyl (C=O) groups excluding carboxylic acids is 1. The molecule has 3 aromatic heterocycles. The minimum Gasteiger partial charge on any atom is -0.476 e. The van der Waals surface area contributed by atoms with Crippen LogP contribution in [0.3, 0.4) is 0 Å². The molecule has 178 valence electrons. The van der Waals surface area contributed by atoms with Gasteiger partial charge in [-0.3, -0.25) is 14.6 Å². The van der Waals surface area contributed by atoms with Crippen molar-refractivity contribution in [1.82, 2.24) is 19.5 Å². The van der Waals surface area contributed by atoms with Gasteiger partial charge in [-0.2, -0.15) is 0 Å². The van der Waals surface area contributed by atoms with Crippen LogP contribution in [0, 0.1) is 0 Å². The second-order valence-electron chi connectivity index (χ2n) is 9.05. The Kier molecular flexibility index (Phi) is 5.47. The van der Waals surface area contributed by atoms with E-state index in [1.165, 1.54) is 10.9 Å². The highest BCUT2D eigenvalue weighted by Gasteiger charge is 2.35. The molecule has 1 aromatic carbocycles. The molecular weight excluding hydrogens is 444 g/mol. The van der Waals surface area contributed by atoms with Gasteiger partial charge in [0.25, 0.3) is 11.5 Å². The lowest BCUT2D eigenvalue weighted by molar-refractivity contribution is -0.129. The Morgan fingerprint density at radius 1 is 1.11 bits per heavy atom. The molecule has 0 spiro atoms. The van der Waals surface area contributed by atoms with E-state index < -0.39 is 5.60 Å². The van der Waals surface area contributed by atoms with E-state index in [0.29, 0.717) is 40.4 Å². The minimum absolute atomic E-state index is 0.182. The van der Waals surface area contributed by atoms with Crippen molar-refractivity contribution in [2.24, 2.45) is 7.05 Å². The molecule has 0 saturated heterocycles.